The van der Waals surface area contributed by atoms with E-state index in [1.165, 1.54) is 31.2 Å². The Balaban J connectivity index is 2.73. The molecule has 1 rings (SSSR count). The van der Waals surface area contributed by atoms with Gasteiger partial charge in [-0.25, -0.2) is 0 Å². The summed E-state index contributed by atoms with van der Waals surface area (Å²) in [4.78, 5) is 0. The molecule has 1 unspecified atom stereocenters. The van der Waals surface area contributed by atoms with Crippen molar-refractivity contribution < 1.29 is 4.74 Å². The van der Waals surface area contributed by atoms with Gasteiger partial charge in [0.15, 0.2) is 0 Å². The molecule has 0 N–H and O–H groups in total. The second-order valence-electron chi connectivity index (χ2n) is 4.39. The molecule has 0 saturated carbocycles. The van der Waals surface area contributed by atoms with Gasteiger partial charge >= 0.3 is 0 Å². The van der Waals surface area contributed by atoms with E-state index in [0.29, 0.717) is 5.92 Å². The zero-order valence-corrected chi connectivity index (χ0v) is 11.3. The van der Waals surface area contributed by atoms with Gasteiger partial charge in [0, 0.05) is 5.92 Å². The highest BCUT2D eigenvalue weighted by molar-refractivity contribution is 5.31. The molecular weight excluding hydrogens is 208 g/mol. The SMILES string of the molecule is CCC/C=C/C(CCC)c1ccc(OC)cc1. The molecule has 0 heterocycles. The number of hydrogen-bond acceptors (Lipinski definition) is 1. The van der Waals surface area contributed by atoms with Crippen molar-refractivity contribution in [1.29, 1.82) is 0 Å². The van der Waals surface area contributed by atoms with E-state index in [1.54, 1.807) is 7.11 Å². The van der Waals surface area contributed by atoms with Crippen LogP contribution in [0, 0.1) is 0 Å². The second-order valence-corrected chi connectivity index (χ2v) is 4.39. The monoisotopic (exact) mass is 232 g/mol. The number of ether oxygens (including phenoxy) is 1. The summed E-state index contributed by atoms with van der Waals surface area (Å²) >= 11 is 0. The van der Waals surface area contributed by atoms with Crippen molar-refractivity contribution in [3.63, 3.8) is 0 Å². The number of methoxy groups -OCH3 is 1. The van der Waals surface area contributed by atoms with E-state index >= 15 is 0 Å². The highest BCUT2D eigenvalue weighted by atomic mass is 16.5. The molecule has 0 fully saturated rings. The van der Waals surface area contributed by atoms with Crippen molar-refractivity contribution in [3.8, 4) is 5.75 Å². The van der Waals surface area contributed by atoms with E-state index in [4.69, 9.17) is 4.74 Å². The fourth-order valence-electron chi connectivity index (χ4n) is 1.96. The van der Waals surface area contributed by atoms with Gasteiger partial charge in [-0.1, -0.05) is 51.0 Å². The molecule has 1 atom stereocenters. The van der Waals surface area contributed by atoms with E-state index < -0.39 is 0 Å². The molecule has 0 amide bonds. The van der Waals surface area contributed by atoms with Crippen LogP contribution in [-0.4, -0.2) is 7.11 Å². The van der Waals surface area contributed by atoms with Crippen LogP contribution < -0.4 is 4.74 Å². The van der Waals surface area contributed by atoms with Gasteiger partial charge in [0.2, 0.25) is 0 Å². The zero-order valence-electron chi connectivity index (χ0n) is 11.3. The minimum Gasteiger partial charge on any atom is -0.497 e. The molecule has 0 aliphatic carbocycles. The van der Waals surface area contributed by atoms with Crippen LogP contribution in [0.15, 0.2) is 36.4 Å². The topological polar surface area (TPSA) is 9.23 Å². The first kappa shape index (κ1) is 13.8. The Morgan fingerprint density at radius 3 is 2.35 bits per heavy atom. The largest absolute Gasteiger partial charge is 0.497 e. The Kier molecular flexibility index (Phi) is 6.46. The van der Waals surface area contributed by atoms with E-state index in [2.05, 4.69) is 38.1 Å². The minimum atomic E-state index is 0.553. The van der Waals surface area contributed by atoms with Crippen LogP contribution >= 0.6 is 0 Å². The average Bonchev–Trinajstić information content (AvgIpc) is 2.38. The average molecular weight is 232 g/mol. The Labute approximate surface area is 106 Å². The zero-order chi connectivity index (χ0) is 12.5. The molecule has 0 aromatic heterocycles. The Morgan fingerprint density at radius 1 is 1.12 bits per heavy atom. The lowest BCUT2D eigenvalue weighted by Gasteiger charge is -2.12. The molecule has 1 nitrogen and oxygen atoms in total. The molecule has 0 bridgehead atoms. The fourth-order valence-corrected chi connectivity index (χ4v) is 1.96. The molecule has 1 aromatic carbocycles. The van der Waals surface area contributed by atoms with Crippen molar-refractivity contribution in [2.24, 2.45) is 0 Å². The van der Waals surface area contributed by atoms with Crippen molar-refractivity contribution >= 4 is 0 Å². The maximum Gasteiger partial charge on any atom is 0.118 e. The second kappa shape index (κ2) is 7.94. The highest BCUT2D eigenvalue weighted by Crippen LogP contribution is 2.25. The summed E-state index contributed by atoms with van der Waals surface area (Å²) in [5.41, 5.74) is 1.39. The van der Waals surface area contributed by atoms with E-state index in [9.17, 15) is 0 Å². The van der Waals surface area contributed by atoms with Crippen LogP contribution in [0.2, 0.25) is 0 Å². The highest BCUT2D eigenvalue weighted by Gasteiger charge is 2.06. The predicted molar refractivity (Wildman–Crippen MR) is 74.7 cm³/mol. The molecule has 1 aromatic rings. The fraction of sp³-hybridized carbons (Fsp3) is 0.500. The number of rotatable bonds is 7. The van der Waals surface area contributed by atoms with Crippen LogP contribution in [0.1, 0.15) is 51.0 Å². The lowest BCUT2D eigenvalue weighted by atomic mass is 9.93. The molecule has 1 heteroatoms. The van der Waals surface area contributed by atoms with Gasteiger partial charge in [-0.15, -0.1) is 0 Å². The van der Waals surface area contributed by atoms with Gasteiger partial charge in [-0.3, -0.25) is 0 Å². The van der Waals surface area contributed by atoms with E-state index in [0.717, 1.165) is 5.75 Å². The maximum absolute atomic E-state index is 5.19. The molecule has 17 heavy (non-hydrogen) atoms. The Bertz CT molecular complexity index is 324. The van der Waals surface area contributed by atoms with Gasteiger partial charge in [-0.2, -0.15) is 0 Å². The van der Waals surface area contributed by atoms with Gasteiger partial charge in [0.1, 0.15) is 5.75 Å². The third kappa shape index (κ3) is 4.64. The van der Waals surface area contributed by atoms with Crippen molar-refractivity contribution in [3.05, 3.63) is 42.0 Å². The summed E-state index contributed by atoms with van der Waals surface area (Å²) in [5, 5.41) is 0. The van der Waals surface area contributed by atoms with Crippen molar-refractivity contribution in [2.75, 3.05) is 7.11 Å². The van der Waals surface area contributed by atoms with E-state index in [1.807, 2.05) is 12.1 Å². The molecule has 0 aliphatic heterocycles. The summed E-state index contributed by atoms with van der Waals surface area (Å²) in [6, 6.07) is 8.45. The van der Waals surface area contributed by atoms with Crippen LogP contribution in [0.25, 0.3) is 0 Å². The van der Waals surface area contributed by atoms with Crippen molar-refractivity contribution in [1.82, 2.24) is 0 Å². The van der Waals surface area contributed by atoms with Gasteiger partial charge < -0.3 is 4.74 Å². The summed E-state index contributed by atoms with van der Waals surface area (Å²) in [5.74, 6) is 1.49. The van der Waals surface area contributed by atoms with Crippen LogP contribution in [0.4, 0.5) is 0 Å². The summed E-state index contributed by atoms with van der Waals surface area (Å²) < 4.78 is 5.19. The van der Waals surface area contributed by atoms with Gasteiger partial charge in [-0.05, 0) is 30.5 Å². The third-order valence-electron chi connectivity index (χ3n) is 2.97. The lowest BCUT2D eigenvalue weighted by Crippen LogP contribution is -1.95. The first-order valence-corrected chi connectivity index (χ1v) is 6.62. The van der Waals surface area contributed by atoms with Crippen LogP contribution in [0.5, 0.6) is 5.75 Å². The molecular formula is C16H24O. The van der Waals surface area contributed by atoms with Crippen LogP contribution in [0.3, 0.4) is 0 Å². The Hall–Kier alpha value is -1.24. The summed E-state index contributed by atoms with van der Waals surface area (Å²) in [6.45, 7) is 4.46. The Morgan fingerprint density at radius 2 is 1.82 bits per heavy atom. The molecule has 0 spiro atoms. The number of allylic oxidation sites excluding steroid dienone is 2. The number of benzene rings is 1. The molecule has 0 radical (unpaired) electrons. The quantitative estimate of drug-likeness (QED) is 0.605. The van der Waals surface area contributed by atoms with Crippen LogP contribution in [-0.2, 0) is 0 Å². The normalized spacial score (nSPS) is 12.9. The minimum absolute atomic E-state index is 0.553. The first-order chi connectivity index (χ1) is 8.31. The third-order valence-corrected chi connectivity index (χ3v) is 2.97. The number of hydrogen-bond donors (Lipinski definition) is 0. The molecule has 0 saturated heterocycles. The maximum atomic E-state index is 5.19. The molecule has 0 aliphatic rings. The lowest BCUT2D eigenvalue weighted by molar-refractivity contribution is 0.414. The standard InChI is InChI=1S/C16H24O/c1-4-6-7-9-14(8-5-2)15-10-12-16(17-3)13-11-15/h7,9-14H,4-6,8H2,1-3H3/b9-7+. The summed E-state index contributed by atoms with van der Waals surface area (Å²) in [6.07, 6.45) is 9.49. The van der Waals surface area contributed by atoms with E-state index in [-0.39, 0.29) is 0 Å². The predicted octanol–water partition coefficient (Wildman–Crippen LogP) is 4.94. The van der Waals surface area contributed by atoms with Gasteiger partial charge in [0.05, 0.1) is 7.11 Å². The van der Waals surface area contributed by atoms with Gasteiger partial charge in [0.25, 0.3) is 0 Å². The number of unbranched alkanes of at least 4 members (excludes halogenated alkanes) is 1. The van der Waals surface area contributed by atoms with Crippen molar-refractivity contribution in [2.45, 2.75) is 45.4 Å². The smallest absolute Gasteiger partial charge is 0.118 e. The molecule has 94 valence electrons. The first-order valence-electron chi connectivity index (χ1n) is 6.62. The summed E-state index contributed by atoms with van der Waals surface area (Å²) in [7, 11) is 1.71.